The topological polar surface area (TPSA) is 237 Å². The van der Waals surface area contributed by atoms with Crippen LogP contribution in [0, 0.1) is 23.7 Å². The van der Waals surface area contributed by atoms with E-state index in [-0.39, 0.29) is 25.7 Å². The molecule has 0 bridgehead atoms. The van der Waals surface area contributed by atoms with Gasteiger partial charge in [0.1, 0.15) is 19.3 Å². The number of rotatable bonds is 69. The lowest BCUT2D eigenvalue weighted by atomic mass is 10.00. The van der Waals surface area contributed by atoms with Gasteiger partial charge in [-0.1, -0.05) is 306 Å². The summed E-state index contributed by atoms with van der Waals surface area (Å²) in [6, 6.07) is 0. The highest BCUT2D eigenvalue weighted by Crippen LogP contribution is 2.45. The molecule has 3 N–H and O–H groups in total. The van der Waals surface area contributed by atoms with Gasteiger partial charge in [0.05, 0.1) is 26.4 Å². The molecule has 0 fully saturated rings. The van der Waals surface area contributed by atoms with E-state index in [4.69, 9.17) is 37.0 Å². The van der Waals surface area contributed by atoms with Crippen molar-refractivity contribution in [1.82, 2.24) is 0 Å². The van der Waals surface area contributed by atoms with E-state index >= 15 is 0 Å². The largest absolute Gasteiger partial charge is 0.472 e. The molecule has 0 aliphatic rings. The minimum atomic E-state index is -4.95. The zero-order valence-electron chi connectivity index (χ0n) is 59.5. The van der Waals surface area contributed by atoms with Gasteiger partial charge in [-0.15, -0.1) is 0 Å². The van der Waals surface area contributed by atoms with Crippen LogP contribution in [0.4, 0.5) is 0 Å². The number of esters is 4. The number of ether oxygens (including phenoxy) is 4. The van der Waals surface area contributed by atoms with Gasteiger partial charge in [-0.25, -0.2) is 9.13 Å². The SMILES string of the molecule is CCC(C)CCCCCCCCC(=O)OC[C@H](COP(=O)(O)OCC(O)COP(=O)(O)OC[C@@H](COC(=O)CCCCCCCCCCC(C)C)OC(=O)CCCCCCCCCCCCCC(C)C)OC(=O)CCCCCCCCCCCCCCCC(C)C. The van der Waals surface area contributed by atoms with E-state index < -0.39 is 97.5 Å². The minimum absolute atomic E-state index is 0.105. The lowest BCUT2D eigenvalue weighted by molar-refractivity contribution is -0.161. The molecule has 17 nitrogen and oxygen atoms in total. The Morgan fingerprint density at radius 2 is 0.527 bits per heavy atom. The number of phosphoric acid groups is 2. The van der Waals surface area contributed by atoms with Gasteiger partial charge in [-0.05, 0) is 49.4 Å². The van der Waals surface area contributed by atoms with E-state index in [2.05, 4.69) is 55.4 Å². The van der Waals surface area contributed by atoms with Crippen LogP contribution in [0.2, 0.25) is 0 Å². The first-order chi connectivity index (χ1) is 43.6. The van der Waals surface area contributed by atoms with E-state index in [1.54, 1.807) is 0 Å². The molecule has 0 aromatic heterocycles. The number of carbonyl (C=O) groups is 4. The van der Waals surface area contributed by atoms with Crippen molar-refractivity contribution in [2.24, 2.45) is 23.7 Å². The second-order valence-electron chi connectivity index (χ2n) is 27.6. The highest BCUT2D eigenvalue weighted by atomic mass is 31.2. The Morgan fingerprint density at radius 1 is 0.308 bits per heavy atom. The second kappa shape index (κ2) is 61.6. The van der Waals surface area contributed by atoms with Crippen LogP contribution in [0.1, 0.15) is 357 Å². The summed E-state index contributed by atoms with van der Waals surface area (Å²) >= 11 is 0. The van der Waals surface area contributed by atoms with Crippen LogP contribution in [0.25, 0.3) is 0 Å². The highest BCUT2D eigenvalue weighted by Gasteiger charge is 2.30. The van der Waals surface area contributed by atoms with Crippen LogP contribution in [-0.4, -0.2) is 96.7 Å². The molecular weight excluding hydrogens is 1200 g/mol. The normalized spacial score (nSPS) is 14.5. The van der Waals surface area contributed by atoms with Gasteiger partial charge in [0.25, 0.3) is 0 Å². The Morgan fingerprint density at radius 3 is 0.780 bits per heavy atom. The fraction of sp³-hybridized carbons (Fsp3) is 0.944. The van der Waals surface area contributed by atoms with Crippen LogP contribution < -0.4 is 0 Å². The summed E-state index contributed by atoms with van der Waals surface area (Å²) in [7, 11) is -9.91. The van der Waals surface area contributed by atoms with Gasteiger partial charge < -0.3 is 33.8 Å². The maximum Gasteiger partial charge on any atom is 0.472 e. The van der Waals surface area contributed by atoms with E-state index in [0.29, 0.717) is 25.7 Å². The van der Waals surface area contributed by atoms with Gasteiger partial charge in [-0.3, -0.25) is 37.3 Å². The third-order valence-electron chi connectivity index (χ3n) is 16.9. The third kappa shape index (κ3) is 65.1. The maximum absolute atomic E-state index is 13.0. The predicted octanol–water partition coefficient (Wildman–Crippen LogP) is 20.5. The van der Waals surface area contributed by atoms with Crippen molar-refractivity contribution in [3.05, 3.63) is 0 Å². The molecule has 0 saturated carbocycles. The maximum atomic E-state index is 13.0. The van der Waals surface area contributed by atoms with E-state index in [1.165, 1.54) is 154 Å². The summed E-state index contributed by atoms with van der Waals surface area (Å²) in [4.78, 5) is 72.6. The zero-order chi connectivity index (χ0) is 67.5. The number of hydrogen-bond acceptors (Lipinski definition) is 15. The summed E-state index contributed by atoms with van der Waals surface area (Å²) in [5.41, 5.74) is 0. The Kier molecular flexibility index (Phi) is 60.3. The molecule has 4 unspecified atom stereocenters. The molecule has 0 saturated heterocycles. The third-order valence-corrected chi connectivity index (χ3v) is 18.8. The first-order valence-electron chi connectivity index (χ1n) is 37.2. The molecule has 0 aliphatic carbocycles. The fourth-order valence-corrected chi connectivity index (χ4v) is 12.4. The molecule has 0 aliphatic heterocycles. The van der Waals surface area contributed by atoms with E-state index in [0.717, 1.165) is 120 Å². The van der Waals surface area contributed by atoms with Crippen LogP contribution in [0.15, 0.2) is 0 Å². The van der Waals surface area contributed by atoms with Gasteiger partial charge in [0.2, 0.25) is 0 Å². The highest BCUT2D eigenvalue weighted by molar-refractivity contribution is 7.47. The van der Waals surface area contributed by atoms with Gasteiger partial charge in [-0.2, -0.15) is 0 Å². The summed E-state index contributed by atoms with van der Waals surface area (Å²) < 4.78 is 68.4. The molecule has 540 valence electrons. The number of hydrogen-bond donors (Lipinski definition) is 3. The standard InChI is InChI=1S/C72H140O17P2/c1-9-65(8)51-43-35-30-31-37-45-53-70(75)83-59-68(89-71(76)54-46-38-28-20-16-12-10-11-14-18-24-32-40-48-62(2)3)61-87-91(80,81)85-57-66(73)56-84-90(78,79)86-60-67(58-82-69(74)52-44-36-27-23-22-26-34-42-50-64(6)7)88-72(77)55-47-39-29-21-17-13-15-19-25-33-41-49-63(4)5/h62-68,73H,9-61H2,1-8H3,(H,78,79)(H,80,81)/t65?,66?,67-,68-/m1/s1. The minimum Gasteiger partial charge on any atom is -0.462 e. The van der Waals surface area contributed by atoms with Crippen molar-refractivity contribution in [2.75, 3.05) is 39.6 Å². The monoisotopic (exact) mass is 1340 g/mol. The van der Waals surface area contributed by atoms with Crippen LogP contribution in [-0.2, 0) is 65.4 Å². The molecule has 0 radical (unpaired) electrons. The lowest BCUT2D eigenvalue weighted by Gasteiger charge is -2.21. The summed E-state index contributed by atoms with van der Waals surface area (Å²) in [6.45, 7) is 14.1. The van der Waals surface area contributed by atoms with Crippen molar-refractivity contribution >= 4 is 39.5 Å². The molecular formula is C72H140O17P2. The molecule has 0 spiro atoms. The van der Waals surface area contributed by atoms with Crippen molar-refractivity contribution < 1.29 is 80.2 Å². The molecule has 6 atom stereocenters. The Labute approximate surface area is 556 Å². The fourth-order valence-electron chi connectivity index (χ4n) is 10.8. The summed E-state index contributed by atoms with van der Waals surface area (Å²) in [5, 5.41) is 10.6. The molecule has 91 heavy (non-hydrogen) atoms. The quantitative estimate of drug-likeness (QED) is 0.0222. The average molecular weight is 1340 g/mol. The lowest BCUT2D eigenvalue weighted by Crippen LogP contribution is -2.30. The number of unbranched alkanes of at least 4 members (excludes halogenated alkanes) is 34. The van der Waals surface area contributed by atoms with Gasteiger partial charge >= 0.3 is 39.5 Å². The van der Waals surface area contributed by atoms with Crippen LogP contribution >= 0.6 is 15.6 Å². The molecule has 0 heterocycles. The predicted molar refractivity (Wildman–Crippen MR) is 367 cm³/mol. The summed E-state index contributed by atoms with van der Waals surface area (Å²) in [5.74, 6) is 0.882. The Bertz CT molecular complexity index is 1800. The molecule has 0 aromatic rings. The Hall–Kier alpha value is -1.94. The second-order valence-corrected chi connectivity index (χ2v) is 30.6. The molecule has 19 heteroatoms. The van der Waals surface area contributed by atoms with Crippen molar-refractivity contribution in [3.8, 4) is 0 Å². The number of phosphoric ester groups is 2. The molecule has 0 aromatic carbocycles. The number of carbonyl (C=O) groups excluding carboxylic acids is 4. The zero-order valence-corrected chi connectivity index (χ0v) is 61.3. The van der Waals surface area contributed by atoms with Crippen molar-refractivity contribution in [1.29, 1.82) is 0 Å². The average Bonchev–Trinajstić information content (AvgIpc) is 3.69. The van der Waals surface area contributed by atoms with Crippen molar-refractivity contribution in [2.45, 2.75) is 375 Å². The van der Waals surface area contributed by atoms with Crippen LogP contribution in [0.3, 0.4) is 0 Å². The molecule has 0 rings (SSSR count). The van der Waals surface area contributed by atoms with E-state index in [9.17, 15) is 43.2 Å². The number of aliphatic hydroxyl groups excluding tert-OH is 1. The summed E-state index contributed by atoms with van der Waals surface area (Å²) in [6.07, 6.45) is 44.4. The Balaban J connectivity index is 5.25. The van der Waals surface area contributed by atoms with Gasteiger partial charge in [0.15, 0.2) is 12.2 Å². The van der Waals surface area contributed by atoms with Crippen LogP contribution in [0.5, 0.6) is 0 Å². The first-order valence-corrected chi connectivity index (χ1v) is 40.2. The smallest absolute Gasteiger partial charge is 0.462 e. The van der Waals surface area contributed by atoms with Crippen molar-refractivity contribution in [3.63, 3.8) is 0 Å². The number of aliphatic hydroxyl groups is 1. The van der Waals surface area contributed by atoms with Gasteiger partial charge in [0, 0.05) is 25.7 Å². The van der Waals surface area contributed by atoms with E-state index in [1.807, 2.05) is 0 Å². The molecule has 0 amide bonds. The first kappa shape index (κ1) is 89.1.